The smallest absolute Gasteiger partial charge is 0.240 e. The molecule has 2 N–H and O–H groups in total. The molecule has 1 saturated heterocycles. The van der Waals surface area contributed by atoms with E-state index in [2.05, 4.69) is 0 Å². The molecule has 0 saturated carbocycles. The van der Waals surface area contributed by atoms with Crippen molar-refractivity contribution in [1.82, 2.24) is 9.80 Å². The van der Waals surface area contributed by atoms with Gasteiger partial charge >= 0.3 is 0 Å². The van der Waals surface area contributed by atoms with E-state index in [9.17, 15) is 9.59 Å². The number of hydrogen-bond acceptors (Lipinski definition) is 3. The van der Waals surface area contributed by atoms with Gasteiger partial charge in [0, 0.05) is 32.1 Å². The van der Waals surface area contributed by atoms with Gasteiger partial charge in [-0.3, -0.25) is 9.59 Å². The monoisotopic (exact) mass is 283 g/mol. The van der Waals surface area contributed by atoms with Gasteiger partial charge in [0.05, 0.1) is 6.04 Å². The van der Waals surface area contributed by atoms with E-state index in [4.69, 9.17) is 5.73 Å². The third-order valence-electron chi connectivity index (χ3n) is 4.10. The Balaban J connectivity index is 2.74. The third kappa shape index (κ3) is 3.95. The number of carbonyl (C=O) groups is 2. The molecular weight excluding hydrogens is 254 g/mol. The summed E-state index contributed by atoms with van der Waals surface area (Å²) in [6.45, 7) is 10.9. The Bertz CT molecular complexity index is 355. The van der Waals surface area contributed by atoms with Crippen LogP contribution in [0.25, 0.3) is 0 Å². The maximum atomic E-state index is 12.4. The normalized spacial score (nSPS) is 20.6. The molecule has 1 aliphatic rings. The van der Waals surface area contributed by atoms with Gasteiger partial charge in [-0.05, 0) is 32.6 Å². The van der Waals surface area contributed by atoms with Crippen LogP contribution in [0.4, 0.5) is 0 Å². The highest BCUT2D eigenvalue weighted by Gasteiger charge is 2.34. The summed E-state index contributed by atoms with van der Waals surface area (Å²) in [5.74, 6) is 0.222. The van der Waals surface area contributed by atoms with Gasteiger partial charge in [0.15, 0.2) is 0 Å². The second-order valence-corrected chi connectivity index (χ2v) is 6.36. The lowest BCUT2D eigenvalue weighted by atomic mass is 10.0. The molecule has 0 bridgehead atoms. The molecule has 1 heterocycles. The first-order chi connectivity index (χ1) is 9.25. The minimum Gasteiger partial charge on any atom is -0.338 e. The SMILES string of the molecule is CC(=O)N(CC1CCCN1C(=O)C(N)C(C)C)C(C)C. The first-order valence-electron chi connectivity index (χ1n) is 7.59. The van der Waals surface area contributed by atoms with Gasteiger partial charge in [-0.15, -0.1) is 0 Å². The molecule has 0 aromatic carbocycles. The molecule has 0 radical (unpaired) electrons. The third-order valence-corrected chi connectivity index (χ3v) is 4.10. The maximum absolute atomic E-state index is 12.4. The van der Waals surface area contributed by atoms with Crippen molar-refractivity contribution in [3.8, 4) is 0 Å². The van der Waals surface area contributed by atoms with E-state index in [1.807, 2.05) is 37.5 Å². The molecule has 2 unspecified atom stereocenters. The lowest BCUT2D eigenvalue weighted by Gasteiger charge is -2.34. The summed E-state index contributed by atoms with van der Waals surface area (Å²) in [6.07, 6.45) is 1.94. The molecule has 5 heteroatoms. The minimum atomic E-state index is -0.444. The van der Waals surface area contributed by atoms with Crippen LogP contribution < -0.4 is 5.73 Å². The van der Waals surface area contributed by atoms with Crippen LogP contribution in [0, 0.1) is 5.92 Å². The van der Waals surface area contributed by atoms with Crippen molar-refractivity contribution in [2.24, 2.45) is 11.7 Å². The van der Waals surface area contributed by atoms with E-state index in [0.717, 1.165) is 19.4 Å². The number of rotatable bonds is 5. The van der Waals surface area contributed by atoms with Crippen LogP contribution in [0.3, 0.4) is 0 Å². The Labute approximate surface area is 122 Å². The zero-order valence-electron chi connectivity index (χ0n) is 13.4. The first kappa shape index (κ1) is 17.0. The number of hydrogen-bond donors (Lipinski definition) is 1. The highest BCUT2D eigenvalue weighted by Crippen LogP contribution is 2.21. The van der Waals surface area contributed by atoms with Crippen molar-refractivity contribution < 1.29 is 9.59 Å². The van der Waals surface area contributed by atoms with Crippen LogP contribution in [-0.2, 0) is 9.59 Å². The van der Waals surface area contributed by atoms with Gasteiger partial charge in [-0.1, -0.05) is 13.8 Å². The lowest BCUT2D eigenvalue weighted by Crippen LogP contribution is -2.52. The molecule has 0 spiro atoms. The van der Waals surface area contributed by atoms with Gasteiger partial charge in [-0.25, -0.2) is 0 Å². The van der Waals surface area contributed by atoms with E-state index in [0.29, 0.717) is 6.54 Å². The predicted octanol–water partition coefficient (Wildman–Crippen LogP) is 1.22. The Hall–Kier alpha value is -1.10. The summed E-state index contributed by atoms with van der Waals surface area (Å²) in [4.78, 5) is 27.8. The Morgan fingerprint density at radius 3 is 2.35 bits per heavy atom. The maximum Gasteiger partial charge on any atom is 0.240 e. The van der Waals surface area contributed by atoms with Gasteiger partial charge in [-0.2, -0.15) is 0 Å². The van der Waals surface area contributed by atoms with Crippen molar-refractivity contribution in [2.75, 3.05) is 13.1 Å². The highest BCUT2D eigenvalue weighted by atomic mass is 16.2. The van der Waals surface area contributed by atoms with Crippen LogP contribution in [-0.4, -0.2) is 52.8 Å². The van der Waals surface area contributed by atoms with Crippen molar-refractivity contribution in [3.05, 3.63) is 0 Å². The molecule has 0 aromatic heterocycles. The first-order valence-corrected chi connectivity index (χ1v) is 7.59. The molecular formula is C15H29N3O2. The van der Waals surface area contributed by atoms with Gasteiger partial charge in [0.2, 0.25) is 11.8 Å². The van der Waals surface area contributed by atoms with E-state index in [-0.39, 0.29) is 29.8 Å². The summed E-state index contributed by atoms with van der Waals surface area (Å²) in [6, 6.07) is -0.178. The largest absolute Gasteiger partial charge is 0.338 e. The summed E-state index contributed by atoms with van der Waals surface area (Å²) < 4.78 is 0. The second-order valence-electron chi connectivity index (χ2n) is 6.36. The number of nitrogens with two attached hydrogens (primary N) is 1. The molecule has 2 atom stereocenters. The fourth-order valence-electron chi connectivity index (χ4n) is 2.72. The van der Waals surface area contributed by atoms with Crippen molar-refractivity contribution in [2.45, 2.75) is 65.6 Å². The van der Waals surface area contributed by atoms with Gasteiger partial charge in [0.25, 0.3) is 0 Å². The van der Waals surface area contributed by atoms with E-state index < -0.39 is 6.04 Å². The summed E-state index contributed by atoms with van der Waals surface area (Å²) >= 11 is 0. The zero-order chi connectivity index (χ0) is 15.4. The Kier molecular flexibility index (Phi) is 5.99. The standard InChI is InChI=1S/C15H29N3O2/c1-10(2)14(16)15(20)17-8-6-7-13(17)9-18(11(3)4)12(5)19/h10-11,13-14H,6-9,16H2,1-5H3. The van der Waals surface area contributed by atoms with Crippen LogP contribution >= 0.6 is 0 Å². The molecule has 5 nitrogen and oxygen atoms in total. The van der Waals surface area contributed by atoms with Crippen molar-refractivity contribution in [1.29, 1.82) is 0 Å². The molecule has 116 valence electrons. The second kappa shape index (κ2) is 7.07. The fourth-order valence-corrected chi connectivity index (χ4v) is 2.72. The number of carbonyl (C=O) groups excluding carboxylic acids is 2. The van der Waals surface area contributed by atoms with Gasteiger partial charge in [0.1, 0.15) is 0 Å². The van der Waals surface area contributed by atoms with E-state index in [1.54, 1.807) is 6.92 Å². The van der Waals surface area contributed by atoms with Crippen LogP contribution in [0.5, 0.6) is 0 Å². The number of nitrogens with zero attached hydrogens (tertiary/aromatic N) is 2. The number of amides is 2. The average Bonchev–Trinajstić information content (AvgIpc) is 2.81. The molecule has 1 rings (SSSR count). The van der Waals surface area contributed by atoms with Crippen LogP contribution in [0.15, 0.2) is 0 Å². The predicted molar refractivity (Wildman–Crippen MR) is 80.1 cm³/mol. The number of likely N-dealkylation sites (tertiary alicyclic amines) is 1. The van der Waals surface area contributed by atoms with Gasteiger partial charge < -0.3 is 15.5 Å². The molecule has 0 aromatic rings. The molecule has 1 fully saturated rings. The van der Waals surface area contributed by atoms with Crippen molar-refractivity contribution >= 4 is 11.8 Å². The Morgan fingerprint density at radius 1 is 1.30 bits per heavy atom. The lowest BCUT2D eigenvalue weighted by molar-refractivity contribution is -0.138. The summed E-state index contributed by atoms with van der Waals surface area (Å²) in [7, 11) is 0. The fraction of sp³-hybridized carbons (Fsp3) is 0.867. The topological polar surface area (TPSA) is 66.6 Å². The molecule has 1 aliphatic heterocycles. The van der Waals surface area contributed by atoms with Crippen LogP contribution in [0.1, 0.15) is 47.5 Å². The highest BCUT2D eigenvalue weighted by molar-refractivity contribution is 5.82. The summed E-state index contributed by atoms with van der Waals surface area (Å²) in [5.41, 5.74) is 5.98. The molecule has 2 amide bonds. The van der Waals surface area contributed by atoms with Crippen LogP contribution in [0.2, 0.25) is 0 Å². The quantitative estimate of drug-likeness (QED) is 0.825. The minimum absolute atomic E-state index is 0.0229. The zero-order valence-corrected chi connectivity index (χ0v) is 13.4. The molecule has 20 heavy (non-hydrogen) atoms. The van der Waals surface area contributed by atoms with Crippen molar-refractivity contribution in [3.63, 3.8) is 0 Å². The Morgan fingerprint density at radius 2 is 1.90 bits per heavy atom. The van der Waals surface area contributed by atoms with E-state index >= 15 is 0 Å². The summed E-state index contributed by atoms with van der Waals surface area (Å²) in [5, 5.41) is 0. The molecule has 0 aliphatic carbocycles. The average molecular weight is 283 g/mol. The van der Waals surface area contributed by atoms with E-state index in [1.165, 1.54) is 0 Å².